The SMILES string of the molecule is CC(C)N(CC1CC1)C(=O)CC1CCNC1. The van der Waals surface area contributed by atoms with Crippen LogP contribution in [0.1, 0.15) is 39.5 Å². The van der Waals surface area contributed by atoms with Crippen molar-refractivity contribution >= 4 is 5.91 Å². The summed E-state index contributed by atoms with van der Waals surface area (Å²) in [4.78, 5) is 14.3. The van der Waals surface area contributed by atoms with Crippen LogP contribution in [0.2, 0.25) is 0 Å². The van der Waals surface area contributed by atoms with Crippen LogP contribution in [0.5, 0.6) is 0 Å². The molecule has 3 nitrogen and oxygen atoms in total. The van der Waals surface area contributed by atoms with E-state index in [0.29, 0.717) is 17.9 Å². The Morgan fingerprint density at radius 1 is 1.31 bits per heavy atom. The van der Waals surface area contributed by atoms with Gasteiger partial charge in [-0.25, -0.2) is 0 Å². The van der Waals surface area contributed by atoms with Gasteiger partial charge in [0.15, 0.2) is 0 Å². The van der Waals surface area contributed by atoms with Crippen LogP contribution in [-0.4, -0.2) is 36.5 Å². The molecule has 1 N–H and O–H groups in total. The lowest BCUT2D eigenvalue weighted by Gasteiger charge is -2.28. The Labute approximate surface area is 98.6 Å². The van der Waals surface area contributed by atoms with Crippen LogP contribution in [0.3, 0.4) is 0 Å². The van der Waals surface area contributed by atoms with E-state index in [4.69, 9.17) is 0 Å². The average molecular weight is 224 g/mol. The van der Waals surface area contributed by atoms with Gasteiger partial charge >= 0.3 is 0 Å². The highest BCUT2D eigenvalue weighted by Gasteiger charge is 2.29. The summed E-state index contributed by atoms with van der Waals surface area (Å²) in [5, 5.41) is 3.33. The maximum atomic E-state index is 12.2. The highest BCUT2D eigenvalue weighted by atomic mass is 16.2. The fourth-order valence-electron chi connectivity index (χ4n) is 2.43. The molecule has 0 aromatic heterocycles. The van der Waals surface area contributed by atoms with Crippen LogP contribution < -0.4 is 5.32 Å². The van der Waals surface area contributed by atoms with Crippen molar-refractivity contribution in [3.8, 4) is 0 Å². The minimum Gasteiger partial charge on any atom is -0.340 e. The van der Waals surface area contributed by atoms with Gasteiger partial charge in [0.05, 0.1) is 0 Å². The monoisotopic (exact) mass is 224 g/mol. The number of nitrogens with zero attached hydrogens (tertiary/aromatic N) is 1. The van der Waals surface area contributed by atoms with Gasteiger partial charge in [0, 0.05) is 19.0 Å². The summed E-state index contributed by atoms with van der Waals surface area (Å²) in [6, 6.07) is 0.363. The normalized spacial score (nSPS) is 25.1. The number of rotatable bonds is 5. The van der Waals surface area contributed by atoms with Crippen LogP contribution in [0.15, 0.2) is 0 Å². The van der Waals surface area contributed by atoms with E-state index in [1.165, 1.54) is 19.3 Å². The second kappa shape index (κ2) is 5.17. The van der Waals surface area contributed by atoms with Crippen molar-refractivity contribution in [1.29, 1.82) is 0 Å². The van der Waals surface area contributed by atoms with Crippen molar-refractivity contribution in [3.05, 3.63) is 0 Å². The third kappa shape index (κ3) is 3.21. The Balaban J connectivity index is 1.82. The molecule has 1 aliphatic carbocycles. The molecule has 0 aromatic carbocycles. The first-order valence-corrected chi connectivity index (χ1v) is 6.67. The molecule has 0 bridgehead atoms. The molecule has 1 amide bonds. The number of amides is 1. The van der Waals surface area contributed by atoms with Gasteiger partial charge in [0.1, 0.15) is 0 Å². The lowest BCUT2D eigenvalue weighted by Crippen LogP contribution is -2.39. The first-order valence-electron chi connectivity index (χ1n) is 6.67. The van der Waals surface area contributed by atoms with Gasteiger partial charge in [0.2, 0.25) is 5.91 Å². The van der Waals surface area contributed by atoms with E-state index in [1.807, 2.05) is 0 Å². The molecule has 1 saturated carbocycles. The molecule has 1 unspecified atom stereocenters. The van der Waals surface area contributed by atoms with Crippen LogP contribution in [0.25, 0.3) is 0 Å². The molecule has 1 heterocycles. The van der Waals surface area contributed by atoms with Crippen LogP contribution in [0, 0.1) is 11.8 Å². The topological polar surface area (TPSA) is 32.3 Å². The maximum Gasteiger partial charge on any atom is 0.223 e. The van der Waals surface area contributed by atoms with Gasteiger partial charge < -0.3 is 10.2 Å². The fourth-order valence-corrected chi connectivity index (χ4v) is 2.43. The Bertz CT molecular complexity index is 242. The van der Waals surface area contributed by atoms with E-state index >= 15 is 0 Å². The fraction of sp³-hybridized carbons (Fsp3) is 0.923. The average Bonchev–Trinajstić information content (AvgIpc) is 2.91. The van der Waals surface area contributed by atoms with E-state index in [9.17, 15) is 4.79 Å². The predicted octanol–water partition coefficient (Wildman–Crippen LogP) is 1.63. The van der Waals surface area contributed by atoms with E-state index in [0.717, 1.165) is 32.0 Å². The molecule has 1 atom stereocenters. The molecule has 0 spiro atoms. The molecule has 0 radical (unpaired) electrons. The summed E-state index contributed by atoms with van der Waals surface area (Å²) in [5.74, 6) is 1.75. The van der Waals surface area contributed by atoms with E-state index in [2.05, 4.69) is 24.1 Å². The summed E-state index contributed by atoms with van der Waals surface area (Å²) in [6.45, 7) is 7.38. The third-order valence-electron chi connectivity index (χ3n) is 3.72. The lowest BCUT2D eigenvalue weighted by molar-refractivity contribution is -0.134. The Morgan fingerprint density at radius 2 is 2.06 bits per heavy atom. The second-order valence-corrected chi connectivity index (χ2v) is 5.65. The number of hydrogen-bond donors (Lipinski definition) is 1. The lowest BCUT2D eigenvalue weighted by atomic mass is 10.0. The molecule has 92 valence electrons. The zero-order valence-electron chi connectivity index (χ0n) is 10.5. The van der Waals surface area contributed by atoms with Crippen molar-refractivity contribution in [2.24, 2.45) is 11.8 Å². The van der Waals surface area contributed by atoms with Crippen molar-refractivity contribution < 1.29 is 4.79 Å². The standard InChI is InChI=1S/C13H24N2O/c1-10(2)15(9-11-3-4-11)13(16)7-12-5-6-14-8-12/h10-12,14H,3-9H2,1-2H3. The molecule has 2 rings (SSSR count). The second-order valence-electron chi connectivity index (χ2n) is 5.65. The van der Waals surface area contributed by atoms with Crippen LogP contribution in [-0.2, 0) is 4.79 Å². The molecule has 16 heavy (non-hydrogen) atoms. The highest BCUT2D eigenvalue weighted by molar-refractivity contribution is 5.76. The van der Waals surface area contributed by atoms with Gasteiger partial charge in [-0.05, 0) is 58.0 Å². The summed E-state index contributed by atoms with van der Waals surface area (Å²) in [7, 11) is 0. The van der Waals surface area contributed by atoms with E-state index < -0.39 is 0 Å². The summed E-state index contributed by atoms with van der Waals surface area (Å²) in [5.41, 5.74) is 0. The summed E-state index contributed by atoms with van der Waals surface area (Å²) < 4.78 is 0. The third-order valence-corrected chi connectivity index (χ3v) is 3.72. The van der Waals surface area contributed by atoms with Crippen molar-refractivity contribution in [1.82, 2.24) is 10.2 Å². The summed E-state index contributed by atoms with van der Waals surface area (Å²) in [6.07, 6.45) is 4.56. The molecule has 2 fully saturated rings. The van der Waals surface area contributed by atoms with Crippen LogP contribution >= 0.6 is 0 Å². The van der Waals surface area contributed by atoms with Gasteiger partial charge in [-0.15, -0.1) is 0 Å². The molecule has 0 aromatic rings. The first kappa shape index (κ1) is 11.9. The van der Waals surface area contributed by atoms with Gasteiger partial charge in [-0.3, -0.25) is 4.79 Å². The molecular formula is C13H24N2O. The van der Waals surface area contributed by atoms with Gasteiger partial charge in [0.25, 0.3) is 0 Å². The predicted molar refractivity (Wildman–Crippen MR) is 65.2 cm³/mol. The number of carbonyl (C=O) groups excluding carboxylic acids is 1. The maximum absolute atomic E-state index is 12.2. The zero-order valence-corrected chi connectivity index (χ0v) is 10.5. The smallest absolute Gasteiger partial charge is 0.223 e. The van der Waals surface area contributed by atoms with Crippen molar-refractivity contribution in [2.45, 2.75) is 45.6 Å². The quantitative estimate of drug-likeness (QED) is 0.770. The number of hydrogen-bond acceptors (Lipinski definition) is 2. The minimum atomic E-state index is 0.363. The first-order chi connectivity index (χ1) is 7.66. The number of carbonyl (C=O) groups is 1. The van der Waals surface area contributed by atoms with E-state index in [1.54, 1.807) is 0 Å². The Kier molecular flexibility index (Phi) is 3.85. The van der Waals surface area contributed by atoms with Gasteiger partial charge in [-0.2, -0.15) is 0 Å². The largest absolute Gasteiger partial charge is 0.340 e. The molecule has 1 aliphatic heterocycles. The van der Waals surface area contributed by atoms with E-state index in [-0.39, 0.29) is 0 Å². The minimum absolute atomic E-state index is 0.363. The molecular weight excluding hydrogens is 200 g/mol. The Hall–Kier alpha value is -0.570. The van der Waals surface area contributed by atoms with Gasteiger partial charge in [-0.1, -0.05) is 0 Å². The molecule has 3 heteroatoms. The summed E-state index contributed by atoms with van der Waals surface area (Å²) >= 11 is 0. The highest BCUT2D eigenvalue weighted by Crippen LogP contribution is 2.30. The number of nitrogens with one attached hydrogen (secondary N) is 1. The van der Waals surface area contributed by atoms with Crippen LogP contribution in [0.4, 0.5) is 0 Å². The molecule has 2 aliphatic rings. The van der Waals surface area contributed by atoms with Crippen molar-refractivity contribution in [3.63, 3.8) is 0 Å². The van der Waals surface area contributed by atoms with Crippen molar-refractivity contribution in [2.75, 3.05) is 19.6 Å². The zero-order chi connectivity index (χ0) is 11.5. The Morgan fingerprint density at radius 3 is 2.56 bits per heavy atom. The molecule has 1 saturated heterocycles.